The minimum atomic E-state index is 0.491. The first-order valence-electron chi connectivity index (χ1n) is 5.05. The molecule has 0 unspecified atom stereocenters. The Kier molecular flexibility index (Phi) is 5.90. The van der Waals surface area contributed by atoms with Crippen LogP contribution in [0.2, 0.25) is 0 Å². The number of carbonyl (C=O) groups excluding carboxylic acids is 1. The lowest BCUT2D eigenvalue weighted by atomic mass is 10.2. The molecule has 0 saturated heterocycles. The Morgan fingerprint density at radius 1 is 1.20 bits per heavy atom. The zero-order valence-corrected chi connectivity index (χ0v) is 8.63. The van der Waals surface area contributed by atoms with E-state index in [1.165, 1.54) is 0 Å². The molecular weight excluding hydrogens is 190 g/mol. The van der Waals surface area contributed by atoms with Gasteiger partial charge in [0.25, 0.3) is 0 Å². The van der Waals surface area contributed by atoms with Gasteiger partial charge in [0.15, 0.2) is 0 Å². The fourth-order valence-corrected chi connectivity index (χ4v) is 1.08. The van der Waals surface area contributed by atoms with E-state index in [9.17, 15) is 4.79 Å². The lowest BCUT2D eigenvalue weighted by molar-refractivity contribution is -0.107. The van der Waals surface area contributed by atoms with Crippen LogP contribution in [0.25, 0.3) is 0 Å². The van der Waals surface area contributed by atoms with Crippen molar-refractivity contribution in [1.29, 1.82) is 0 Å². The number of oxime groups is 1. The molecule has 15 heavy (non-hydrogen) atoms. The lowest BCUT2D eigenvalue weighted by Crippen LogP contribution is -1.87. The molecule has 3 heteroatoms. The van der Waals surface area contributed by atoms with E-state index < -0.39 is 0 Å². The summed E-state index contributed by atoms with van der Waals surface area (Å²) in [4.78, 5) is 15.1. The van der Waals surface area contributed by atoms with Gasteiger partial charge in [-0.3, -0.25) is 0 Å². The van der Waals surface area contributed by atoms with E-state index in [0.29, 0.717) is 13.0 Å². The second-order valence-corrected chi connectivity index (χ2v) is 3.14. The van der Waals surface area contributed by atoms with Gasteiger partial charge < -0.3 is 9.63 Å². The van der Waals surface area contributed by atoms with Crippen molar-refractivity contribution in [3.63, 3.8) is 0 Å². The normalized spacial score (nSPS) is 10.4. The van der Waals surface area contributed by atoms with E-state index in [2.05, 4.69) is 5.16 Å². The van der Waals surface area contributed by atoms with Crippen molar-refractivity contribution >= 4 is 12.5 Å². The van der Waals surface area contributed by atoms with Crippen LogP contribution in [-0.2, 0) is 16.2 Å². The van der Waals surface area contributed by atoms with Crippen molar-refractivity contribution in [2.45, 2.75) is 25.9 Å². The summed E-state index contributed by atoms with van der Waals surface area (Å²) in [6, 6.07) is 9.87. The molecule has 1 rings (SSSR count). The van der Waals surface area contributed by atoms with Crippen molar-refractivity contribution in [3.05, 3.63) is 35.9 Å². The Hall–Kier alpha value is -1.64. The zero-order chi connectivity index (χ0) is 10.8. The molecule has 3 nitrogen and oxygen atoms in total. The molecule has 0 aliphatic heterocycles. The van der Waals surface area contributed by atoms with Crippen molar-refractivity contribution in [1.82, 2.24) is 0 Å². The summed E-state index contributed by atoms with van der Waals surface area (Å²) in [5, 5.41) is 3.80. The standard InChI is InChI=1S/C12H15NO2/c14-10-6-2-5-9-13-15-11-12-7-3-1-4-8-12/h1,3-4,7-10H,2,5-6,11H2. The molecular formula is C12H15NO2. The van der Waals surface area contributed by atoms with Crippen LogP contribution < -0.4 is 0 Å². The van der Waals surface area contributed by atoms with Gasteiger partial charge in [0, 0.05) is 12.6 Å². The van der Waals surface area contributed by atoms with Gasteiger partial charge in [-0.25, -0.2) is 0 Å². The highest BCUT2D eigenvalue weighted by Gasteiger charge is 1.88. The molecule has 0 bridgehead atoms. The topological polar surface area (TPSA) is 38.7 Å². The molecule has 0 heterocycles. The van der Waals surface area contributed by atoms with Crippen LogP contribution >= 0.6 is 0 Å². The summed E-state index contributed by atoms with van der Waals surface area (Å²) in [6.45, 7) is 0.491. The SMILES string of the molecule is O=CCCCC=NOCc1ccccc1. The maximum absolute atomic E-state index is 10.0. The fourth-order valence-electron chi connectivity index (χ4n) is 1.08. The van der Waals surface area contributed by atoms with E-state index in [-0.39, 0.29) is 0 Å². The third-order valence-electron chi connectivity index (χ3n) is 1.88. The molecule has 0 spiro atoms. The Morgan fingerprint density at radius 2 is 2.00 bits per heavy atom. The molecule has 1 aromatic rings. The minimum absolute atomic E-state index is 0.491. The number of hydrogen-bond donors (Lipinski definition) is 0. The van der Waals surface area contributed by atoms with Gasteiger partial charge >= 0.3 is 0 Å². The summed E-state index contributed by atoms with van der Waals surface area (Å²) in [5.41, 5.74) is 1.10. The fraction of sp³-hybridized carbons (Fsp3) is 0.333. The number of nitrogens with zero attached hydrogens (tertiary/aromatic N) is 1. The first-order valence-corrected chi connectivity index (χ1v) is 5.05. The first-order chi connectivity index (χ1) is 7.43. The van der Waals surface area contributed by atoms with Crippen LogP contribution in [0.15, 0.2) is 35.5 Å². The Bertz CT molecular complexity index is 296. The number of rotatable bonds is 7. The Morgan fingerprint density at radius 3 is 2.73 bits per heavy atom. The molecule has 0 fully saturated rings. The highest BCUT2D eigenvalue weighted by atomic mass is 16.6. The molecule has 0 amide bonds. The van der Waals surface area contributed by atoms with Crippen molar-refractivity contribution < 1.29 is 9.63 Å². The predicted octanol–water partition coefficient (Wildman–Crippen LogP) is 2.56. The van der Waals surface area contributed by atoms with Gasteiger partial charge in [0.1, 0.15) is 12.9 Å². The molecule has 0 aliphatic rings. The van der Waals surface area contributed by atoms with Crippen LogP contribution in [0.4, 0.5) is 0 Å². The monoisotopic (exact) mass is 205 g/mol. The average molecular weight is 205 g/mol. The third-order valence-corrected chi connectivity index (χ3v) is 1.88. The summed E-state index contributed by atoms with van der Waals surface area (Å²) in [7, 11) is 0. The lowest BCUT2D eigenvalue weighted by Gasteiger charge is -1.98. The molecule has 0 aliphatic carbocycles. The minimum Gasteiger partial charge on any atom is -0.391 e. The van der Waals surface area contributed by atoms with Crippen LogP contribution in [0, 0.1) is 0 Å². The van der Waals surface area contributed by atoms with Crippen LogP contribution in [-0.4, -0.2) is 12.5 Å². The van der Waals surface area contributed by atoms with E-state index >= 15 is 0 Å². The molecule has 1 aromatic carbocycles. The first kappa shape index (κ1) is 11.4. The Balaban J connectivity index is 2.08. The summed E-state index contributed by atoms with van der Waals surface area (Å²) in [5.74, 6) is 0. The highest BCUT2D eigenvalue weighted by molar-refractivity contribution is 5.57. The second kappa shape index (κ2) is 7.74. The number of benzene rings is 1. The largest absolute Gasteiger partial charge is 0.391 e. The van der Waals surface area contributed by atoms with E-state index in [1.807, 2.05) is 30.3 Å². The van der Waals surface area contributed by atoms with Crippen molar-refractivity contribution in [3.8, 4) is 0 Å². The third kappa shape index (κ3) is 5.62. The summed E-state index contributed by atoms with van der Waals surface area (Å²) in [6.07, 6.45) is 4.82. The number of hydrogen-bond acceptors (Lipinski definition) is 3. The average Bonchev–Trinajstić information content (AvgIpc) is 2.29. The van der Waals surface area contributed by atoms with Gasteiger partial charge in [0.05, 0.1) is 0 Å². The van der Waals surface area contributed by atoms with Crippen molar-refractivity contribution in [2.24, 2.45) is 5.16 Å². The predicted molar refractivity (Wildman–Crippen MR) is 59.6 cm³/mol. The van der Waals surface area contributed by atoms with Crippen LogP contribution in [0.3, 0.4) is 0 Å². The number of unbranched alkanes of at least 4 members (excludes halogenated alkanes) is 2. The Labute approximate surface area is 89.7 Å². The maximum Gasteiger partial charge on any atom is 0.142 e. The molecule has 0 N–H and O–H groups in total. The molecule has 0 radical (unpaired) electrons. The van der Waals surface area contributed by atoms with Crippen LogP contribution in [0.1, 0.15) is 24.8 Å². The highest BCUT2D eigenvalue weighted by Crippen LogP contribution is 2.00. The smallest absolute Gasteiger partial charge is 0.142 e. The van der Waals surface area contributed by atoms with Gasteiger partial charge in [0.2, 0.25) is 0 Å². The molecule has 0 aromatic heterocycles. The molecule has 0 atom stereocenters. The zero-order valence-electron chi connectivity index (χ0n) is 8.63. The van der Waals surface area contributed by atoms with E-state index in [1.54, 1.807) is 6.21 Å². The van der Waals surface area contributed by atoms with E-state index in [0.717, 1.165) is 24.7 Å². The maximum atomic E-state index is 10.0. The van der Waals surface area contributed by atoms with Crippen LogP contribution in [0.5, 0.6) is 0 Å². The summed E-state index contributed by atoms with van der Waals surface area (Å²) >= 11 is 0. The van der Waals surface area contributed by atoms with Gasteiger partial charge in [-0.15, -0.1) is 0 Å². The quantitative estimate of drug-likeness (QED) is 0.297. The number of carbonyl (C=O) groups is 1. The summed E-state index contributed by atoms with van der Waals surface area (Å²) < 4.78 is 0. The molecule has 80 valence electrons. The number of aldehydes is 1. The second-order valence-electron chi connectivity index (χ2n) is 3.14. The van der Waals surface area contributed by atoms with E-state index in [4.69, 9.17) is 4.84 Å². The molecule has 0 saturated carbocycles. The van der Waals surface area contributed by atoms with Gasteiger partial charge in [-0.1, -0.05) is 35.5 Å². The van der Waals surface area contributed by atoms with Gasteiger partial charge in [-0.05, 0) is 18.4 Å². The van der Waals surface area contributed by atoms with Crippen molar-refractivity contribution in [2.75, 3.05) is 0 Å². The van der Waals surface area contributed by atoms with Gasteiger partial charge in [-0.2, -0.15) is 0 Å².